The first kappa shape index (κ1) is 17.4. The first-order valence-corrected chi connectivity index (χ1v) is 8.96. The Bertz CT molecular complexity index is 660. The highest BCUT2D eigenvalue weighted by Crippen LogP contribution is 2.14. The zero-order valence-electron chi connectivity index (χ0n) is 12.9. The van der Waals surface area contributed by atoms with Gasteiger partial charge in [0.05, 0.1) is 12.9 Å². The highest BCUT2D eigenvalue weighted by Gasteiger charge is 2.32. The van der Waals surface area contributed by atoms with Gasteiger partial charge in [0.15, 0.2) is 0 Å². The van der Waals surface area contributed by atoms with Gasteiger partial charge in [-0.1, -0.05) is 30.3 Å². The minimum atomic E-state index is -3.64. The number of piperidine rings is 1. The van der Waals surface area contributed by atoms with Crippen LogP contribution >= 0.6 is 0 Å². The molecule has 0 aliphatic carbocycles. The summed E-state index contributed by atoms with van der Waals surface area (Å²) >= 11 is 0. The summed E-state index contributed by atoms with van der Waals surface area (Å²) in [5.41, 5.74) is 0.648. The molecule has 23 heavy (non-hydrogen) atoms. The van der Waals surface area contributed by atoms with Gasteiger partial charge < -0.3 is 9.64 Å². The number of nitrogens with zero attached hydrogens (tertiary/aromatic N) is 1. The van der Waals surface area contributed by atoms with E-state index in [2.05, 4.69) is 9.46 Å². The minimum Gasteiger partial charge on any atom is -0.468 e. The molecule has 7 nitrogen and oxygen atoms in total. The van der Waals surface area contributed by atoms with Crippen molar-refractivity contribution < 1.29 is 22.7 Å². The SMILES string of the molecule is COC(=O)CN1CCCC(NS(=O)(=O)Cc2ccccc2)C1=O. The van der Waals surface area contributed by atoms with Crippen LogP contribution < -0.4 is 4.72 Å². The number of benzene rings is 1. The standard InChI is InChI=1S/C15H20N2O5S/c1-22-14(18)10-17-9-5-8-13(15(17)19)16-23(20,21)11-12-6-3-2-4-7-12/h2-4,6-7,13,16H,5,8-11H2,1H3. The van der Waals surface area contributed by atoms with Crippen molar-refractivity contribution in [2.75, 3.05) is 20.2 Å². The predicted octanol–water partition coefficient (Wildman–Crippen LogP) is 0.270. The summed E-state index contributed by atoms with van der Waals surface area (Å²) in [5, 5.41) is 0. The van der Waals surface area contributed by atoms with E-state index < -0.39 is 27.9 Å². The van der Waals surface area contributed by atoms with Crippen LogP contribution in [0.3, 0.4) is 0 Å². The van der Waals surface area contributed by atoms with Crippen molar-refractivity contribution >= 4 is 21.9 Å². The Morgan fingerprint density at radius 2 is 2.04 bits per heavy atom. The number of ether oxygens (including phenoxy) is 1. The summed E-state index contributed by atoms with van der Waals surface area (Å²) < 4.78 is 31.4. The second-order valence-corrected chi connectivity index (χ2v) is 7.15. The van der Waals surface area contributed by atoms with E-state index in [9.17, 15) is 18.0 Å². The van der Waals surface area contributed by atoms with E-state index in [1.54, 1.807) is 30.3 Å². The lowest BCUT2D eigenvalue weighted by Gasteiger charge is -2.31. The molecule has 1 unspecified atom stereocenters. The monoisotopic (exact) mass is 340 g/mol. The fourth-order valence-electron chi connectivity index (χ4n) is 2.48. The largest absolute Gasteiger partial charge is 0.468 e. The maximum Gasteiger partial charge on any atom is 0.325 e. The Hall–Kier alpha value is -1.93. The molecule has 0 spiro atoms. The average molecular weight is 340 g/mol. The third kappa shape index (κ3) is 5.04. The van der Waals surface area contributed by atoms with E-state index in [1.807, 2.05) is 0 Å². The van der Waals surface area contributed by atoms with E-state index in [1.165, 1.54) is 12.0 Å². The molecule has 1 fully saturated rings. The molecule has 1 amide bonds. The molecule has 1 heterocycles. The minimum absolute atomic E-state index is 0.160. The number of carbonyl (C=O) groups excluding carboxylic acids is 2. The molecule has 1 atom stereocenters. The van der Waals surface area contributed by atoms with Crippen molar-refractivity contribution in [1.29, 1.82) is 0 Å². The van der Waals surface area contributed by atoms with Crippen LogP contribution in [0.25, 0.3) is 0 Å². The number of rotatable bonds is 6. The van der Waals surface area contributed by atoms with Gasteiger partial charge in [-0.05, 0) is 18.4 Å². The van der Waals surface area contributed by atoms with Gasteiger partial charge in [0.1, 0.15) is 12.6 Å². The first-order valence-electron chi connectivity index (χ1n) is 7.31. The lowest BCUT2D eigenvalue weighted by Crippen LogP contribution is -2.53. The molecular formula is C15H20N2O5S. The van der Waals surface area contributed by atoms with Gasteiger partial charge in [0.25, 0.3) is 0 Å². The fraction of sp³-hybridized carbons (Fsp3) is 0.467. The predicted molar refractivity (Wildman–Crippen MR) is 83.8 cm³/mol. The maximum atomic E-state index is 12.3. The molecule has 0 saturated carbocycles. The van der Waals surface area contributed by atoms with Crippen LogP contribution in [0.2, 0.25) is 0 Å². The molecule has 1 aromatic rings. The molecule has 1 aliphatic heterocycles. The molecule has 1 aliphatic rings. The molecule has 126 valence electrons. The van der Waals surface area contributed by atoms with E-state index in [0.717, 1.165) is 0 Å². The Morgan fingerprint density at radius 3 is 2.70 bits per heavy atom. The maximum absolute atomic E-state index is 12.3. The molecule has 0 bridgehead atoms. The van der Waals surface area contributed by atoms with Crippen molar-refractivity contribution in [2.24, 2.45) is 0 Å². The average Bonchev–Trinajstić information content (AvgIpc) is 2.51. The Morgan fingerprint density at radius 1 is 1.35 bits per heavy atom. The number of hydrogen-bond acceptors (Lipinski definition) is 5. The van der Waals surface area contributed by atoms with Gasteiger partial charge in [0.2, 0.25) is 15.9 Å². The Labute approximate surface area is 135 Å². The smallest absolute Gasteiger partial charge is 0.325 e. The van der Waals surface area contributed by atoms with Crippen LogP contribution in [-0.4, -0.2) is 51.4 Å². The highest BCUT2D eigenvalue weighted by atomic mass is 32.2. The van der Waals surface area contributed by atoms with Crippen molar-refractivity contribution in [3.63, 3.8) is 0 Å². The van der Waals surface area contributed by atoms with Crippen molar-refractivity contribution in [2.45, 2.75) is 24.6 Å². The van der Waals surface area contributed by atoms with Crippen LogP contribution in [-0.2, 0) is 30.1 Å². The van der Waals surface area contributed by atoms with E-state index in [0.29, 0.717) is 24.9 Å². The number of methoxy groups -OCH3 is 1. The van der Waals surface area contributed by atoms with Crippen LogP contribution in [0, 0.1) is 0 Å². The van der Waals surface area contributed by atoms with E-state index in [-0.39, 0.29) is 12.3 Å². The van der Waals surface area contributed by atoms with Crippen molar-refractivity contribution in [3.05, 3.63) is 35.9 Å². The molecule has 8 heteroatoms. The van der Waals surface area contributed by atoms with E-state index >= 15 is 0 Å². The second kappa shape index (κ2) is 7.56. The van der Waals surface area contributed by atoms with Crippen LogP contribution in [0.4, 0.5) is 0 Å². The van der Waals surface area contributed by atoms with Gasteiger partial charge in [-0.2, -0.15) is 0 Å². The lowest BCUT2D eigenvalue weighted by molar-refractivity contribution is -0.148. The third-order valence-electron chi connectivity index (χ3n) is 3.60. The summed E-state index contributed by atoms with van der Waals surface area (Å²) in [4.78, 5) is 24.9. The number of hydrogen-bond donors (Lipinski definition) is 1. The molecule has 1 N–H and O–H groups in total. The summed E-state index contributed by atoms with van der Waals surface area (Å²) in [6.07, 6.45) is 1.05. The first-order chi connectivity index (χ1) is 10.9. The van der Waals surface area contributed by atoms with Crippen molar-refractivity contribution in [3.8, 4) is 0 Å². The molecule has 0 aromatic heterocycles. The van der Waals surface area contributed by atoms with Crippen molar-refractivity contribution in [1.82, 2.24) is 9.62 Å². The summed E-state index contributed by atoms with van der Waals surface area (Å²) in [6, 6.07) is 7.92. The summed E-state index contributed by atoms with van der Waals surface area (Å²) in [7, 11) is -2.39. The number of sulfonamides is 1. The molecule has 2 rings (SSSR count). The lowest BCUT2D eigenvalue weighted by atomic mass is 10.1. The number of amides is 1. The van der Waals surface area contributed by atoms with E-state index in [4.69, 9.17) is 0 Å². The van der Waals surface area contributed by atoms with Crippen LogP contribution in [0.15, 0.2) is 30.3 Å². The Kier molecular flexibility index (Phi) is 5.73. The number of esters is 1. The number of likely N-dealkylation sites (tertiary alicyclic amines) is 1. The van der Waals surface area contributed by atoms with Gasteiger partial charge >= 0.3 is 5.97 Å². The topological polar surface area (TPSA) is 92.8 Å². The highest BCUT2D eigenvalue weighted by molar-refractivity contribution is 7.88. The quantitative estimate of drug-likeness (QED) is 0.751. The van der Waals surface area contributed by atoms with Gasteiger partial charge in [0, 0.05) is 6.54 Å². The number of nitrogens with one attached hydrogen (secondary N) is 1. The Balaban J connectivity index is 2.00. The molecular weight excluding hydrogens is 320 g/mol. The molecule has 1 aromatic carbocycles. The van der Waals surface area contributed by atoms with Gasteiger partial charge in [-0.3, -0.25) is 9.59 Å². The van der Waals surface area contributed by atoms with Gasteiger partial charge in [-0.25, -0.2) is 13.1 Å². The second-order valence-electron chi connectivity index (χ2n) is 5.39. The third-order valence-corrected chi connectivity index (χ3v) is 4.96. The van der Waals surface area contributed by atoms with Crippen LogP contribution in [0.1, 0.15) is 18.4 Å². The normalized spacial score (nSPS) is 18.7. The summed E-state index contributed by atoms with van der Waals surface area (Å²) in [5.74, 6) is -1.10. The molecule has 1 saturated heterocycles. The zero-order valence-corrected chi connectivity index (χ0v) is 13.7. The number of carbonyl (C=O) groups is 2. The van der Waals surface area contributed by atoms with Gasteiger partial charge in [-0.15, -0.1) is 0 Å². The zero-order chi connectivity index (χ0) is 16.9. The molecule has 0 radical (unpaired) electrons. The summed E-state index contributed by atoms with van der Waals surface area (Å²) in [6.45, 7) is 0.261. The fourth-order valence-corrected chi connectivity index (χ4v) is 3.85. The van der Waals surface area contributed by atoms with Crippen LogP contribution in [0.5, 0.6) is 0 Å².